The molecule has 0 amide bonds. The Hall–Kier alpha value is -0.200. The number of hydrogen-bond acceptors (Lipinski definition) is 5. The summed E-state index contributed by atoms with van der Waals surface area (Å²) in [7, 11) is 1.57. The summed E-state index contributed by atoms with van der Waals surface area (Å²) in [5.74, 6) is 0.518. The molecule has 5 heteroatoms. The Morgan fingerprint density at radius 1 is 1.19 bits per heavy atom. The highest BCUT2D eigenvalue weighted by Gasteiger charge is 2.17. The minimum Gasteiger partial charge on any atom is -0.394 e. The molecule has 0 saturated heterocycles. The third-order valence-corrected chi connectivity index (χ3v) is 2.03. The minimum absolute atomic E-state index is 0.102. The molecular weight excluding hydrogens is 210 g/mol. The lowest BCUT2D eigenvalue weighted by molar-refractivity contribution is -0.0427. The largest absolute Gasteiger partial charge is 0.394 e. The van der Waals surface area contributed by atoms with Crippen LogP contribution in [0.2, 0.25) is 0 Å². The van der Waals surface area contributed by atoms with Crippen LogP contribution in [0.3, 0.4) is 0 Å². The highest BCUT2D eigenvalue weighted by Crippen LogP contribution is 1.98. The zero-order valence-electron chi connectivity index (χ0n) is 10.5. The molecule has 0 aliphatic rings. The van der Waals surface area contributed by atoms with Crippen LogP contribution in [0.5, 0.6) is 0 Å². The molecule has 0 saturated carbocycles. The van der Waals surface area contributed by atoms with Crippen molar-refractivity contribution in [3.63, 3.8) is 0 Å². The van der Waals surface area contributed by atoms with E-state index in [1.807, 2.05) is 0 Å². The van der Waals surface area contributed by atoms with E-state index in [4.69, 9.17) is 25.1 Å². The van der Waals surface area contributed by atoms with E-state index in [1.165, 1.54) is 0 Å². The van der Waals surface area contributed by atoms with E-state index < -0.39 is 0 Å². The summed E-state index contributed by atoms with van der Waals surface area (Å²) in [6, 6.07) is -0.305. The molecule has 0 fully saturated rings. The van der Waals surface area contributed by atoms with Gasteiger partial charge in [-0.3, -0.25) is 0 Å². The van der Waals surface area contributed by atoms with Gasteiger partial charge in [0.05, 0.1) is 38.6 Å². The van der Waals surface area contributed by atoms with Gasteiger partial charge in [0, 0.05) is 13.7 Å². The average Bonchev–Trinajstić information content (AvgIpc) is 2.23. The highest BCUT2D eigenvalue weighted by atomic mass is 16.5. The van der Waals surface area contributed by atoms with Gasteiger partial charge in [-0.25, -0.2) is 0 Å². The quantitative estimate of drug-likeness (QED) is 0.522. The second kappa shape index (κ2) is 9.99. The van der Waals surface area contributed by atoms with E-state index >= 15 is 0 Å². The van der Waals surface area contributed by atoms with Gasteiger partial charge < -0.3 is 25.1 Å². The molecule has 0 bridgehead atoms. The molecule has 0 aliphatic carbocycles. The van der Waals surface area contributed by atoms with Crippen molar-refractivity contribution in [2.75, 3.05) is 40.1 Å². The number of methoxy groups -OCH3 is 1. The first kappa shape index (κ1) is 15.8. The lowest BCUT2D eigenvalue weighted by atomic mass is 10.2. The Bertz CT molecular complexity index is 155. The third kappa shape index (κ3) is 8.01. The van der Waals surface area contributed by atoms with Gasteiger partial charge in [0.2, 0.25) is 0 Å². The smallest absolute Gasteiger partial charge is 0.0979 e. The van der Waals surface area contributed by atoms with Gasteiger partial charge in [0.25, 0.3) is 0 Å². The normalized spacial score (nSPS) is 15.4. The Labute approximate surface area is 97.9 Å². The molecule has 0 aliphatic heterocycles. The summed E-state index contributed by atoms with van der Waals surface area (Å²) in [6.07, 6.45) is -0.386. The Morgan fingerprint density at radius 3 is 2.38 bits per heavy atom. The second-order valence-electron chi connectivity index (χ2n) is 4.18. The molecule has 0 spiro atoms. The van der Waals surface area contributed by atoms with Crippen LogP contribution < -0.4 is 5.73 Å². The topological polar surface area (TPSA) is 73.9 Å². The van der Waals surface area contributed by atoms with Gasteiger partial charge in [-0.15, -0.1) is 0 Å². The van der Waals surface area contributed by atoms with E-state index in [9.17, 15) is 0 Å². The molecule has 0 aromatic carbocycles. The number of hydrogen-bond donors (Lipinski definition) is 2. The van der Waals surface area contributed by atoms with Crippen LogP contribution in [0, 0.1) is 5.92 Å². The lowest BCUT2D eigenvalue weighted by Gasteiger charge is -2.21. The standard InChI is InChI=1S/C11H25NO4/c1-9(2)7-15-4-5-16-11(6-13)10(12)8-14-3/h9-11,13H,4-8,12H2,1-3H3. The lowest BCUT2D eigenvalue weighted by Crippen LogP contribution is -2.43. The van der Waals surface area contributed by atoms with Crippen molar-refractivity contribution in [1.29, 1.82) is 0 Å². The van der Waals surface area contributed by atoms with E-state index in [-0.39, 0.29) is 18.8 Å². The van der Waals surface area contributed by atoms with E-state index in [2.05, 4.69) is 13.8 Å². The number of rotatable bonds is 10. The maximum Gasteiger partial charge on any atom is 0.0979 e. The van der Waals surface area contributed by atoms with Crippen molar-refractivity contribution >= 4 is 0 Å². The summed E-state index contributed by atoms with van der Waals surface area (Å²) in [4.78, 5) is 0. The van der Waals surface area contributed by atoms with Gasteiger partial charge in [-0.05, 0) is 5.92 Å². The number of aliphatic hydroxyl groups excluding tert-OH is 1. The zero-order chi connectivity index (χ0) is 12.4. The molecule has 98 valence electrons. The zero-order valence-corrected chi connectivity index (χ0v) is 10.5. The van der Waals surface area contributed by atoms with Crippen molar-refractivity contribution in [3.8, 4) is 0 Å². The average molecular weight is 235 g/mol. The molecule has 0 aromatic rings. The van der Waals surface area contributed by atoms with E-state index in [0.717, 1.165) is 6.61 Å². The predicted molar refractivity (Wildman–Crippen MR) is 62.3 cm³/mol. The molecule has 0 heterocycles. The second-order valence-corrected chi connectivity index (χ2v) is 4.18. The third-order valence-electron chi connectivity index (χ3n) is 2.03. The highest BCUT2D eigenvalue weighted by molar-refractivity contribution is 4.71. The van der Waals surface area contributed by atoms with Gasteiger partial charge in [-0.1, -0.05) is 13.8 Å². The van der Waals surface area contributed by atoms with Crippen LogP contribution in [0.1, 0.15) is 13.8 Å². The fourth-order valence-corrected chi connectivity index (χ4v) is 1.19. The van der Waals surface area contributed by atoms with Crippen LogP contribution in [0.4, 0.5) is 0 Å². The SMILES string of the molecule is COCC(N)C(CO)OCCOCC(C)C. The van der Waals surface area contributed by atoms with Crippen LogP contribution in [0.25, 0.3) is 0 Å². The minimum atomic E-state index is -0.386. The molecule has 16 heavy (non-hydrogen) atoms. The van der Waals surface area contributed by atoms with Crippen LogP contribution >= 0.6 is 0 Å². The molecule has 0 radical (unpaired) electrons. The van der Waals surface area contributed by atoms with Crippen LogP contribution in [-0.2, 0) is 14.2 Å². The molecule has 2 unspecified atom stereocenters. The Kier molecular flexibility index (Phi) is 9.86. The summed E-state index contributed by atoms with van der Waals surface area (Å²) < 4.78 is 15.7. The molecule has 2 atom stereocenters. The molecule has 5 nitrogen and oxygen atoms in total. The maximum atomic E-state index is 9.07. The van der Waals surface area contributed by atoms with Crippen molar-refractivity contribution in [2.24, 2.45) is 11.7 Å². The van der Waals surface area contributed by atoms with Gasteiger partial charge >= 0.3 is 0 Å². The van der Waals surface area contributed by atoms with Crippen molar-refractivity contribution < 1.29 is 19.3 Å². The summed E-state index contributed by atoms with van der Waals surface area (Å²) in [6.45, 7) is 6.13. The fraction of sp³-hybridized carbons (Fsp3) is 1.00. The Balaban J connectivity index is 3.54. The Morgan fingerprint density at radius 2 is 1.88 bits per heavy atom. The first-order valence-corrected chi connectivity index (χ1v) is 5.66. The molecule has 3 N–H and O–H groups in total. The van der Waals surface area contributed by atoms with Crippen LogP contribution in [-0.4, -0.2) is 57.4 Å². The van der Waals surface area contributed by atoms with Crippen molar-refractivity contribution in [3.05, 3.63) is 0 Å². The maximum absolute atomic E-state index is 9.07. The van der Waals surface area contributed by atoms with Crippen LogP contribution in [0.15, 0.2) is 0 Å². The first-order valence-electron chi connectivity index (χ1n) is 5.66. The number of nitrogens with two attached hydrogens (primary N) is 1. The first-order chi connectivity index (χ1) is 7.61. The van der Waals surface area contributed by atoms with Gasteiger partial charge in [0.1, 0.15) is 0 Å². The van der Waals surface area contributed by atoms with Gasteiger partial charge in [0.15, 0.2) is 0 Å². The van der Waals surface area contributed by atoms with E-state index in [0.29, 0.717) is 25.7 Å². The fourth-order valence-electron chi connectivity index (χ4n) is 1.19. The summed E-state index contributed by atoms with van der Waals surface area (Å²) in [5.41, 5.74) is 5.75. The summed E-state index contributed by atoms with van der Waals surface area (Å²) in [5, 5.41) is 9.07. The summed E-state index contributed by atoms with van der Waals surface area (Å²) >= 11 is 0. The number of ether oxygens (including phenoxy) is 3. The molecule has 0 aromatic heterocycles. The van der Waals surface area contributed by atoms with E-state index in [1.54, 1.807) is 7.11 Å². The monoisotopic (exact) mass is 235 g/mol. The van der Waals surface area contributed by atoms with Crippen molar-refractivity contribution in [2.45, 2.75) is 26.0 Å². The van der Waals surface area contributed by atoms with Crippen molar-refractivity contribution in [1.82, 2.24) is 0 Å². The molecular formula is C11H25NO4. The van der Waals surface area contributed by atoms with Gasteiger partial charge in [-0.2, -0.15) is 0 Å². The predicted octanol–water partition coefficient (Wildman–Crippen LogP) is 0.0102. The molecule has 0 rings (SSSR count). The number of aliphatic hydroxyl groups is 1.